The van der Waals surface area contributed by atoms with E-state index in [9.17, 15) is 13.8 Å². The summed E-state index contributed by atoms with van der Waals surface area (Å²) in [5, 5.41) is 8.40. The lowest BCUT2D eigenvalue weighted by Gasteiger charge is -2.00. The maximum absolute atomic E-state index is 11.6. The van der Waals surface area contributed by atoms with Gasteiger partial charge in [-0.1, -0.05) is 29.8 Å². The molecule has 1 unspecified atom stereocenters. The molecule has 4 nitrogen and oxygen atoms in total. The van der Waals surface area contributed by atoms with E-state index >= 15 is 0 Å². The summed E-state index contributed by atoms with van der Waals surface area (Å²) in [6.45, 7) is 1.90. The van der Waals surface area contributed by atoms with Crippen LogP contribution >= 0.6 is 0 Å². The predicted octanol–water partition coefficient (Wildman–Crippen LogP) is 1.01. The van der Waals surface area contributed by atoms with Crippen LogP contribution in [0.3, 0.4) is 0 Å². The molecule has 0 bridgehead atoms. The number of hydrogen-bond donors (Lipinski definition) is 1. The number of carboxylic acid groups (broad SMARTS) is 1. The Balaban J connectivity index is 2.62. The van der Waals surface area contributed by atoms with Crippen LogP contribution in [0.5, 0.6) is 0 Å². The standard InChI is InChI=1S/C11H12O4S/c1-8-2-4-9(5-3-8)10(12)6-16(15)7-11(13)14/h2-5H,6-7H2,1H3,(H,13,14). The topological polar surface area (TPSA) is 71.4 Å². The van der Waals surface area contributed by atoms with Crippen LogP contribution in [0.2, 0.25) is 0 Å². The molecule has 1 N–H and O–H groups in total. The molecule has 0 aromatic heterocycles. The van der Waals surface area contributed by atoms with Crippen molar-refractivity contribution in [3.63, 3.8) is 0 Å². The van der Waals surface area contributed by atoms with Gasteiger partial charge < -0.3 is 5.11 Å². The van der Waals surface area contributed by atoms with Crippen LogP contribution in [-0.2, 0) is 15.6 Å². The lowest BCUT2D eigenvalue weighted by atomic mass is 10.1. The van der Waals surface area contributed by atoms with E-state index in [1.54, 1.807) is 24.3 Å². The number of ketones is 1. The van der Waals surface area contributed by atoms with E-state index in [1.165, 1.54) is 0 Å². The number of aryl methyl sites for hydroxylation is 1. The van der Waals surface area contributed by atoms with E-state index in [0.717, 1.165) is 5.56 Å². The van der Waals surface area contributed by atoms with E-state index in [2.05, 4.69) is 0 Å². The second kappa shape index (κ2) is 5.55. The number of benzene rings is 1. The lowest BCUT2D eigenvalue weighted by Crippen LogP contribution is -2.17. The van der Waals surface area contributed by atoms with E-state index < -0.39 is 22.5 Å². The maximum Gasteiger partial charge on any atom is 0.316 e. The third kappa shape index (κ3) is 3.94. The maximum atomic E-state index is 11.6. The van der Waals surface area contributed by atoms with E-state index in [0.29, 0.717) is 5.56 Å². The Hall–Kier alpha value is -1.49. The van der Waals surface area contributed by atoms with Gasteiger partial charge in [-0.25, -0.2) is 0 Å². The zero-order valence-electron chi connectivity index (χ0n) is 8.80. The Bertz CT molecular complexity index is 422. The molecule has 1 aromatic carbocycles. The van der Waals surface area contributed by atoms with Crippen LogP contribution < -0.4 is 0 Å². The van der Waals surface area contributed by atoms with Crippen molar-refractivity contribution in [3.05, 3.63) is 35.4 Å². The summed E-state index contributed by atoms with van der Waals surface area (Å²) in [5.41, 5.74) is 1.49. The summed E-state index contributed by atoms with van der Waals surface area (Å²) in [6, 6.07) is 6.87. The molecule has 86 valence electrons. The highest BCUT2D eigenvalue weighted by molar-refractivity contribution is 7.86. The van der Waals surface area contributed by atoms with Crippen LogP contribution in [0.15, 0.2) is 24.3 Å². The zero-order chi connectivity index (χ0) is 12.1. The minimum absolute atomic E-state index is 0.241. The van der Waals surface area contributed by atoms with Crippen molar-refractivity contribution in [1.82, 2.24) is 0 Å². The molecule has 0 aliphatic rings. The fourth-order valence-corrected chi connectivity index (χ4v) is 1.99. The summed E-state index contributed by atoms with van der Waals surface area (Å²) in [4.78, 5) is 21.8. The first-order chi connectivity index (χ1) is 7.49. The van der Waals surface area contributed by atoms with E-state index in [4.69, 9.17) is 5.11 Å². The Labute approximate surface area is 95.7 Å². The summed E-state index contributed by atoms with van der Waals surface area (Å²) < 4.78 is 11.2. The Morgan fingerprint density at radius 1 is 1.19 bits per heavy atom. The van der Waals surface area contributed by atoms with E-state index in [1.807, 2.05) is 6.92 Å². The minimum Gasteiger partial charge on any atom is -0.481 e. The summed E-state index contributed by atoms with van der Waals surface area (Å²) in [7, 11) is -1.64. The fourth-order valence-electron chi connectivity index (χ4n) is 1.16. The smallest absolute Gasteiger partial charge is 0.316 e. The molecule has 16 heavy (non-hydrogen) atoms. The van der Waals surface area contributed by atoms with Gasteiger partial charge in [-0.05, 0) is 6.92 Å². The average molecular weight is 240 g/mol. The predicted molar refractivity (Wildman–Crippen MR) is 61.0 cm³/mol. The van der Waals surface area contributed by atoms with Crippen molar-refractivity contribution in [2.75, 3.05) is 11.5 Å². The molecule has 1 rings (SSSR count). The van der Waals surface area contributed by atoms with Crippen LogP contribution in [-0.4, -0.2) is 32.6 Å². The molecule has 0 spiro atoms. The molecule has 0 radical (unpaired) electrons. The van der Waals surface area contributed by atoms with Crippen molar-refractivity contribution in [3.8, 4) is 0 Å². The molecule has 0 saturated heterocycles. The number of rotatable bonds is 5. The minimum atomic E-state index is -1.64. The van der Waals surface area contributed by atoms with Crippen LogP contribution in [0.4, 0.5) is 0 Å². The van der Waals surface area contributed by atoms with Gasteiger partial charge in [-0.15, -0.1) is 0 Å². The number of aliphatic carboxylic acids is 1. The van der Waals surface area contributed by atoms with Gasteiger partial charge in [0.2, 0.25) is 0 Å². The molecule has 1 atom stereocenters. The molecule has 0 saturated carbocycles. The van der Waals surface area contributed by atoms with Crippen molar-refractivity contribution < 1.29 is 18.9 Å². The van der Waals surface area contributed by atoms with Gasteiger partial charge in [0.05, 0.1) is 5.75 Å². The van der Waals surface area contributed by atoms with Crippen molar-refractivity contribution in [2.45, 2.75) is 6.92 Å². The summed E-state index contributed by atoms with van der Waals surface area (Å²) in [5.74, 6) is -2.18. The monoisotopic (exact) mass is 240 g/mol. The van der Waals surface area contributed by atoms with Crippen molar-refractivity contribution in [1.29, 1.82) is 0 Å². The normalized spacial score (nSPS) is 12.1. The molecule has 0 fully saturated rings. The second-order valence-electron chi connectivity index (χ2n) is 3.41. The van der Waals surface area contributed by atoms with Gasteiger partial charge in [-0.2, -0.15) is 0 Å². The van der Waals surface area contributed by atoms with E-state index in [-0.39, 0.29) is 11.5 Å². The fraction of sp³-hybridized carbons (Fsp3) is 0.273. The number of carbonyl (C=O) groups excluding carboxylic acids is 1. The Morgan fingerprint density at radius 2 is 1.75 bits per heavy atom. The molecule has 0 amide bonds. The summed E-state index contributed by atoms with van der Waals surface area (Å²) >= 11 is 0. The van der Waals surface area contributed by atoms with Gasteiger partial charge in [0.1, 0.15) is 5.75 Å². The molecule has 1 aromatic rings. The van der Waals surface area contributed by atoms with Crippen molar-refractivity contribution in [2.24, 2.45) is 0 Å². The van der Waals surface area contributed by atoms with Gasteiger partial charge in [0.15, 0.2) is 5.78 Å². The Kier molecular flexibility index (Phi) is 4.37. The quantitative estimate of drug-likeness (QED) is 0.780. The van der Waals surface area contributed by atoms with Crippen LogP contribution in [0.1, 0.15) is 15.9 Å². The third-order valence-electron chi connectivity index (χ3n) is 1.95. The first kappa shape index (κ1) is 12.6. The number of carboxylic acids is 1. The number of hydrogen-bond acceptors (Lipinski definition) is 3. The molecular weight excluding hydrogens is 228 g/mol. The van der Waals surface area contributed by atoms with Gasteiger partial charge >= 0.3 is 5.97 Å². The highest BCUT2D eigenvalue weighted by atomic mass is 32.2. The van der Waals surface area contributed by atoms with Gasteiger partial charge in [0.25, 0.3) is 0 Å². The highest BCUT2D eigenvalue weighted by Gasteiger charge is 2.12. The first-order valence-electron chi connectivity index (χ1n) is 4.65. The van der Waals surface area contributed by atoms with Gasteiger partial charge in [0, 0.05) is 16.4 Å². The van der Waals surface area contributed by atoms with Crippen LogP contribution in [0, 0.1) is 6.92 Å². The molecule has 0 aliphatic heterocycles. The SMILES string of the molecule is Cc1ccc(C(=O)CS(=O)CC(=O)O)cc1. The average Bonchev–Trinajstić information content (AvgIpc) is 2.16. The molecule has 0 aliphatic carbocycles. The molecule has 5 heteroatoms. The lowest BCUT2D eigenvalue weighted by molar-refractivity contribution is -0.133. The highest BCUT2D eigenvalue weighted by Crippen LogP contribution is 2.04. The molecule has 0 heterocycles. The number of Topliss-reactive ketones (excluding diaryl/α,β-unsaturated/α-hetero) is 1. The third-order valence-corrected chi connectivity index (χ3v) is 3.10. The second-order valence-corrected chi connectivity index (χ2v) is 4.87. The number of carbonyl (C=O) groups is 2. The first-order valence-corrected chi connectivity index (χ1v) is 6.14. The Morgan fingerprint density at radius 3 is 2.25 bits per heavy atom. The van der Waals surface area contributed by atoms with Gasteiger partial charge in [-0.3, -0.25) is 13.8 Å². The van der Waals surface area contributed by atoms with Crippen molar-refractivity contribution >= 4 is 22.6 Å². The zero-order valence-corrected chi connectivity index (χ0v) is 9.62. The summed E-state index contributed by atoms with van der Waals surface area (Å²) in [6.07, 6.45) is 0. The van der Waals surface area contributed by atoms with Crippen LogP contribution in [0.25, 0.3) is 0 Å². The largest absolute Gasteiger partial charge is 0.481 e. The molecular formula is C11H12O4S.